The number of furan rings is 1. The van der Waals surface area contributed by atoms with Crippen molar-refractivity contribution in [2.75, 3.05) is 18.8 Å². The number of rotatable bonds is 5. The molecule has 1 aliphatic heterocycles. The molecule has 0 radical (unpaired) electrons. The van der Waals surface area contributed by atoms with Crippen LogP contribution in [0, 0.1) is 0 Å². The number of anilines is 1. The van der Waals surface area contributed by atoms with Crippen LogP contribution >= 0.6 is 0 Å². The van der Waals surface area contributed by atoms with E-state index in [4.69, 9.17) is 14.9 Å². The van der Waals surface area contributed by atoms with E-state index in [0.29, 0.717) is 22.9 Å². The van der Waals surface area contributed by atoms with Crippen LogP contribution in [0.1, 0.15) is 25.8 Å². The highest BCUT2D eigenvalue weighted by atomic mass is 16.5. The van der Waals surface area contributed by atoms with Gasteiger partial charge < -0.3 is 19.8 Å². The molecule has 0 spiro atoms. The smallest absolute Gasteiger partial charge is 0.219 e. The number of ether oxygens (including phenoxy) is 1. The SMILES string of the molecule is CC(=O)N1CCC(n2cc(-c3cnc(N)c4oc(-c5cccc(Oc6ccccc6)c5)cc34)cn2)CC1. The van der Waals surface area contributed by atoms with Gasteiger partial charge in [0.2, 0.25) is 5.91 Å². The molecular weight excluding hydrogens is 466 g/mol. The molecule has 5 aromatic rings. The summed E-state index contributed by atoms with van der Waals surface area (Å²) < 4.78 is 14.2. The lowest BCUT2D eigenvalue weighted by Crippen LogP contribution is -2.37. The predicted octanol–water partition coefficient (Wildman–Crippen LogP) is 5.92. The number of carbonyl (C=O) groups excluding carboxylic acids is 1. The van der Waals surface area contributed by atoms with Gasteiger partial charge in [-0.2, -0.15) is 5.10 Å². The highest BCUT2D eigenvalue weighted by Gasteiger charge is 2.23. The lowest BCUT2D eigenvalue weighted by molar-refractivity contribution is -0.130. The van der Waals surface area contributed by atoms with Crippen molar-refractivity contribution < 1.29 is 13.9 Å². The molecular formula is C29H27N5O3. The molecule has 6 rings (SSSR count). The lowest BCUT2D eigenvalue weighted by atomic mass is 10.0. The second kappa shape index (κ2) is 9.46. The third-order valence-electron chi connectivity index (χ3n) is 6.88. The molecule has 0 aliphatic carbocycles. The van der Waals surface area contributed by atoms with Crippen LogP contribution in [0.2, 0.25) is 0 Å². The Morgan fingerprint density at radius 1 is 1.00 bits per heavy atom. The first kappa shape index (κ1) is 22.8. The number of aromatic nitrogens is 3. The van der Waals surface area contributed by atoms with Crippen LogP contribution in [-0.2, 0) is 4.79 Å². The zero-order valence-electron chi connectivity index (χ0n) is 20.5. The summed E-state index contributed by atoms with van der Waals surface area (Å²) in [5, 5.41) is 5.52. The van der Waals surface area contributed by atoms with Gasteiger partial charge in [-0.15, -0.1) is 0 Å². The number of nitrogen functional groups attached to an aromatic ring is 1. The van der Waals surface area contributed by atoms with Crippen molar-refractivity contribution in [2.45, 2.75) is 25.8 Å². The lowest BCUT2D eigenvalue weighted by Gasteiger charge is -2.31. The Hall–Kier alpha value is -4.59. The Labute approximate surface area is 214 Å². The van der Waals surface area contributed by atoms with Crippen molar-refractivity contribution in [1.29, 1.82) is 0 Å². The van der Waals surface area contributed by atoms with Gasteiger partial charge in [-0.25, -0.2) is 4.98 Å². The van der Waals surface area contributed by atoms with Crippen LogP contribution < -0.4 is 10.5 Å². The quantitative estimate of drug-likeness (QED) is 0.326. The first-order chi connectivity index (χ1) is 18.0. The summed E-state index contributed by atoms with van der Waals surface area (Å²) in [7, 11) is 0. The van der Waals surface area contributed by atoms with Gasteiger partial charge in [-0.3, -0.25) is 9.48 Å². The highest BCUT2D eigenvalue weighted by molar-refractivity contribution is 6.00. The van der Waals surface area contributed by atoms with Crippen molar-refractivity contribution >= 4 is 22.7 Å². The van der Waals surface area contributed by atoms with E-state index < -0.39 is 0 Å². The van der Waals surface area contributed by atoms with E-state index in [1.807, 2.05) is 82.6 Å². The van der Waals surface area contributed by atoms with Crippen molar-refractivity contribution in [2.24, 2.45) is 0 Å². The molecule has 37 heavy (non-hydrogen) atoms. The molecule has 1 fully saturated rings. The van der Waals surface area contributed by atoms with E-state index in [9.17, 15) is 4.79 Å². The number of benzene rings is 2. The van der Waals surface area contributed by atoms with Crippen LogP contribution in [0.5, 0.6) is 11.5 Å². The maximum atomic E-state index is 11.7. The minimum atomic E-state index is 0.128. The van der Waals surface area contributed by atoms with Gasteiger partial charge in [0.05, 0.1) is 12.2 Å². The third kappa shape index (κ3) is 4.53. The maximum absolute atomic E-state index is 11.7. The molecule has 4 heterocycles. The van der Waals surface area contributed by atoms with Gasteiger partial charge in [0, 0.05) is 54.5 Å². The average Bonchev–Trinajstić information content (AvgIpc) is 3.59. The Balaban J connectivity index is 1.30. The topological polar surface area (TPSA) is 99.4 Å². The number of pyridine rings is 1. The fourth-order valence-electron chi connectivity index (χ4n) is 4.88. The summed E-state index contributed by atoms with van der Waals surface area (Å²) in [6.07, 6.45) is 7.43. The Morgan fingerprint density at radius 2 is 1.78 bits per heavy atom. The number of hydrogen-bond acceptors (Lipinski definition) is 6. The molecule has 2 N–H and O–H groups in total. The van der Waals surface area contributed by atoms with Crippen LogP contribution in [0.3, 0.4) is 0 Å². The van der Waals surface area contributed by atoms with Gasteiger partial charge in [0.15, 0.2) is 11.4 Å². The summed E-state index contributed by atoms with van der Waals surface area (Å²) in [6, 6.07) is 19.7. The average molecular weight is 494 g/mol. The minimum Gasteiger partial charge on any atom is -0.457 e. The number of carbonyl (C=O) groups is 1. The Morgan fingerprint density at radius 3 is 2.57 bits per heavy atom. The molecule has 0 saturated carbocycles. The number of para-hydroxylation sites is 1. The van der Waals surface area contributed by atoms with Crippen LogP contribution in [0.4, 0.5) is 5.82 Å². The second-order valence-corrected chi connectivity index (χ2v) is 9.30. The summed E-state index contributed by atoms with van der Waals surface area (Å²) in [6.45, 7) is 3.12. The van der Waals surface area contributed by atoms with E-state index in [0.717, 1.165) is 53.8 Å². The second-order valence-electron chi connectivity index (χ2n) is 9.30. The fourth-order valence-corrected chi connectivity index (χ4v) is 4.88. The van der Waals surface area contributed by atoms with E-state index in [2.05, 4.69) is 10.1 Å². The van der Waals surface area contributed by atoms with E-state index in [-0.39, 0.29) is 11.9 Å². The Bertz CT molecular complexity index is 1570. The zero-order valence-corrected chi connectivity index (χ0v) is 20.5. The molecule has 1 amide bonds. The maximum Gasteiger partial charge on any atom is 0.219 e. The van der Waals surface area contributed by atoms with Crippen LogP contribution in [-0.4, -0.2) is 38.7 Å². The molecule has 8 nitrogen and oxygen atoms in total. The number of nitrogens with two attached hydrogens (primary N) is 1. The number of fused-ring (bicyclic) bond motifs is 1. The number of nitrogens with zero attached hydrogens (tertiary/aromatic N) is 4. The summed E-state index contributed by atoms with van der Waals surface area (Å²) >= 11 is 0. The zero-order chi connectivity index (χ0) is 25.4. The van der Waals surface area contributed by atoms with Crippen LogP contribution in [0.25, 0.3) is 33.4 Å². The minimum absolute atomic E-state index is 0.128. The van der Waals surface area contributed by atoms with Gasteiger partial charge in [0.25, 0.3) is 0 Å². The standard InChI is InChI=1S/C29H27N5O3/c1-19(35)33-12-10-22(11-13-33)34-18-21(16-32-34)26-17-31-29(30)28-25(26)15-27(37-28)20-6-5-9-24(14-20)36-23-7-3-2-4-8-23/h2-9,14-18,22H,10-13H2,1H3,(H2,30,31). The summed E-state index contributed by atoms with van der Waals surface area (Å²) in [5.74, 6) is 2.63. The van der Waals surface area contributed by atoms with Crippen LogP contribution in [0.15, 0.2) is 83.7 Å². The first-order valence-corrected chi connectivity index (χ1v) is 12.4. The van der Waals surface area contributed by atoms with Gasteiger partial charge in [0.1, 0.15) is 17.3 Å². The fraction of sp³-hybridized carbons (Fsp3) is 0.207. The van der Waals surface area contributed by atoms with E-state index in [1.165, 1.54) is 0 Å². The first-order valence-electron chi connectivity index (χ1n) is 12.4. The van der Waals surface area contributed by atoms with Crippen molar-refractivity contribution in [1.82, 2.24) is 19.7 Å². The van der Waals surface area contributed by atoms with Gasteiger partial charge >= 0.3 is 0 Å². The summed E-state index contributed by atoms with van der Waals surface area (Å²) in [4.78, 5) is 17.9. The van der Waals surface area contributed by atoms with E-state index in [1.54, 1.807) is 13.1 Å². The number of amides is 1. The molecule has 1 saturated heterocycles. The highest BCUT2D eigenvalue weighted by Crippen LogP contribution is 2.38. The van der Waals surface area contributed by atoms with Gasteiger partial charge in [-0.1, -0.05) is 30.3 Å². The van der Waals surface area contributed by atoms with Crippen molar-refractivity contribution in [3.8, 4) is 33.9 Å². The van der Waals surface area contributed by atoms with Gasteiger partial charge in [-0.05, 0) is 43.2 Å². The predicted molar refractivity (Wildman–Crippen MR) is 142 cm³/mol. The molecule has 186 valence electrons. The van der Waals surface area contributed by atoms with E-state index >= 15 is 0 Å². The molecule has 8 heteroatoms. The number of hydrogen-bond donors (Lipinski definition) is 1. The molecule has 0 unspecified atom stereocenters. The summed E-state index contributed by atoms with van der Waals surface area (Å²) in [5.41, 5.74) is 9.48. The Kier molecular flexibility index (Phi) is 5.84. The molecule has 3 aromatic heterocycles. The number of piperidine rings is 1. The number of likely N-dealkylation sites (tertiary alicyclic amines) is 1. The van der Waals surface area contributed by atoms with Crippen molar-refractivity contribution in [3.05, 3.63) is 79.3 Å². The largest absolute Gasteiger partial charge is 0.457 e. The molecule has 2 aromatic carbocycles. The van der Waals surface area contributed by atoms with Crippen molar-refractivity contribution in [3.63, 3.8) is 0 Å². The molecule has 0 atom stereocenters. The molecule has 1 aliphatic rings. The third-order valence-corrected chi connectivity index (χ3v) is 6.88. The molecule has 0 bridgehead atoms. The normalized spacial score (nSPS) is 14.2. The monoisotopic (exact) mass is 493 g/mol.